The second kappa shape index (κ2) is 4.46. The van der Waals surface area contributed by atoms with E-state index in [0.717, 1.165) is 6.42 Å². The Hall–Kier alpha value is -1.02. The molecule has 2 heterocycles. The Morgan fingerprint density at radius 2 is 2.38 bits per heavy atom. The van der Waals surface area contributed by atoms with E-state index in [4.69, 9.17) is 0 Å². The minimum absolute atomic E-state index is 0.224. The molecule has 1 aliphatic rings. The second-order valence-electron chi connectivity index (χ2n) is 4.10. The SMILES string of the molecule is Cn1nnc(CNCC2CCS(=O)(=O)C2)n1. The summed E-state index contributed by atoms with van der Waals surface area (Å²) in [6.45, 7) is 1.22. The average Bonchev–Trinajstić information content (AvgIpc) is 2.73. The van der Waals surface area contributed by atoms with Crippen LogP contribution in [0.2, 0.25) is 0 Å². The largest absolute Gasteiger partial charge is 0.309 e. The van der Waals surface area contributed by atoms with Crippen molar-refractivity contribution in [2.45, 2.75) is 13.0 Å². The minimum atomic E-state index is -2.77. The summed E-state index contributed by atoms with van der Waals surface area (Å²) in [5.41, 5.74) is 0. The maximum absolute atomic E-state index is 11.2. The Kier molecular flexibility index (Phi) is 3.20. The van der Waals surface area contributed by atoms with Crippen LogP contribution in [-0.2, 0) is 23.4 Å². The van der Waals surface area contributed by atoms with E-state index in [9.17, 15) is 8.42 Å². The Morgan fingerprint density at radius 3 is 2.94 bits per heavy atom. The van der Waals surface area contributed by atoms with Gasteiger partial charge in [0.05, 0.1) is 25.1 Å². The number of sulfone groups is 1. The van der Waals surface area contributed by atoms with Gasteiger partial charge in [-0.1, -0.05) is 0 Å². The van der Waals surface area contributed by atoms with Crippen LogP contribution in [0.5, 0.6) is 0 Å². The molecule has 1 unspecified atom stereocenters. The van der Waals surface area contributed by atoms with Crippen LogP contribution >= 0.6 is 0 Å². The summed E-state index contributed by atoms with van der Waals surface area (Å²) in [6, 6.07) is 0. The lowest BCUT2D eigenvalue weighted by Crippen LogP contribution is -2.23. The number of hydrogen-bond acceptors (Lipinski definition) is 6. The minimum Gasteiger partial charge on any atom is -0.309 e. The van der Waals surface area contributed by atoms with Crippen LogP contribution in [0.4, 0.5) is 0 Å². The van der Waals surface area contributed by atoms with E-state index >= 15 is 0 Å². The fourth-order valence-electron chi connectivity index (χ4n) is 1.82. The molecule has 1 atom stereocenters. The number of hydrogen-bond donors (Lipinski definition) is 1. The summed E-state index contributed by atoms with van der Waals surface area (Å²) in [5, 5.41) is 14.7. The zero-order valence-electron chi connectivity index (χ0n) is 9.13. The molecule has 1 N–H and O–H groups in total. The molecule has 0 saturated carbocycles. The summed E-state index contributed by atoms with van der Waals surface area (Å²) < 4.78 is 22.4. The van der Waals surface area contributed by atoms with Gasteiger partial charge in [-0.05, 0) is 24.1 Å². The van der Waals surface area contributed by atoms with Gasteiger partial charge in [0.2, 0.25) is 0 Å². The van der Waals surface area contributed by atoms with Gasteiger partial charge in [-0.3, -0.25) is 0 Å². The number of aryl methyl sites for hydroxylation is 1. The van der Waals surface area contributed by atoms with Gasteiger partial charge in [0, 0.05) is 0 Å². The van der Waals surface area contributed by atoms with Crippen molar-refractivity contribution >= 4 is 9.84 Å². The fraction of sp³-hybridized carbons (Fsp3) is 0.875. The van der Waals surface area contributed by atoms with Crippen molar-refractivity contribution in [2.75, 3.05) is 18.1 Å². The third-order valence-corrected chi connectivity index (χ3v) is 4.43. The standard InChI is InChI=1S/C8H15N5O2S/c1-13-11-8(10-12-13)5-9-4-7-2-3-16(14,15)6-7/h7,9H,2-6H2,1H3. The van der Waals surface area contributed by atoms with Crippen molar-refractivity contribution in [3.63, 3.8) is 0 Å². The molecule has 90 valence electrons. The molecule has 0 aliphatic carbocycles. The van der Waals surface area contributed by atoms with Gasteiger partial charge in [-0.2, -0.15) is 4.80 Å². The lowest BCUT2D eigenvalue weighted by Gasteiger charge is -2.06. The predicted octanol–water partition coefficient (Wildman–Crippen LogP) is -1.27. The summed E-state index contributed by atoms with van der Waals surface area (Å²) in [6.07, 6.45) is 0.753. The first-order valence-corrected chi connectivity index (χ1v) is 7.01. The molecule has 16 heavy (non-hydrogen) atoms. The molecule has 0 amide bonds. The number of aromatic nitrogens is 4. The zero-order valence-corrected chi connectivity index (χ0v) is 9.94. The van der Waals surface area contributed by atoms with Crippen LogP contribution < -0.4 is 5.32 Å². The van der Waals surface area contributed by atoms with Crippen LogP contribution in [0, 0.1) is 5.92 Å². The van der Waals surface area contributed by atoms with Gasteiger partial charge in [0.1, 0.15) is 0 Å². The van der Waals surface area contributed by atoms with E-state index in [1.165, 1.54) is 4.80 Å². The highest BCUT2D eigenvalue weighted by atomic mass is 32.2. The number of nitrogens with one attached hydrogen (secondary N) is 1. The van der Waals surface area contributed by atoms with E-state index in [2.05, 4.69) is 20.7 Å². The quantitative estimate of drug-likeness (QED) is 0.711. The Labute approximate surface area is 94.1 Å². The molecule has 1 aromatic heterocycles. The second-order valence-corrected chi connectivity index (χ2v) is 6.32. The Balaban J connectivity index is 1.73. The highest BCUT2D eigenvalue weighted by Crippen LogP contribution is 2.17. The van der Waals surface area contributed by atoms with E-state index in [0.29, 0.717) is 30.4 Å². The molecule has 7 nitrogen and oxygen atoms in total. The first-order chi connectivity index (χ1) is 7.55. The van der Waals surface area contributed by atoms with Crippen molar-refractivity contribution in [1.82, 2.24) is 25.5 Å². The number of tetrazole rings is 1. The van der Waals surface area contributed by atoms with Crippen LogP contribution in [-0.4, -0.2) is 46.7 Å². The molecule has 0 spiro atoms. The van der Waals surface area contributed by atoms with Crippen LogP contribution in [0.1, 0.15) is 12.2 Å². The number of rotatable bonds is 4. The summed E-state index contributed by atoms with van der Waals surface area (Å²) in [7, 11) is -1.07. The van der Waals surface area contributed by atoms with Gasteiger partial charge in [-0.25, -0.2) is 8.42 Å². The highest BCUT2D eigenvalue weighted by Gasteiger charge is 2.27. The highest BCUT2D eigenvalue weighted by molar-refractivity contribution is 7.91. The van der Waals surface area contributed by atoms with E-state index in [-0.39, 0.29) is 5.92 Å². The predicted molar refractivity (Wildman–Crippen MR) is 57.3 cm³/mol. The van der Waals surface area contributed by atoms with Crippen LogP contribution in [0.25, 0.3) is 0 Å². The summed E-state index contributed by atoms with van der Waals surface area (Å²) >= 11 is 0. The maximum Gasteiger partial charge on any atom is 0.188 e. The Bertz CT molecular complexity index is 455. The number of nitrogens with zero attached hydrogens (tertiary/aromatic N) is 4. The monoisotopic (exact) mass is 245 g/mol. The third kappa shape index (κ3) is 2.99. The normalized spacial score (nSPS) is 23.7. The lowest BCUT2D eigenvalue weighted by molar-refractivity contribution is 0.513. The van der Waals surface area contributed by atoms with Crippen molar-refractivity contribution in [3.05, 3.63) is 5.82 Å². The van der Waals surface area contributed by atoms with E-state index in [1.54, 1.807) is 7.05 Å². The molecule has 0 aromatic carbocycles. The van der Waals surface area contributed by atoms with Gasteiger partial charge < -0.3 is 5.32 Å². The fourth-order valence-corrected chi connectivity index (χ4v) is 3.68. The molecule has 1 aromatic rings. The molecule has 1 fully saturated rings. The lowest BCUT2D eigenvalue weighted by atomic mass is 10.1. The molecule has 2 rings (SSSR count). The van der Waals surface area contributed by atoms with Crippen molar-refractivity contribution in [2.24, 2.45) is 13.0 Å². The average molecular weight is 245 g/mol. The summed E-state index contributed by atoms with van der Waals surface area (Å²) in [5.74, 6) is 1.47. The maximum atomic E-state index is 11.2. The Morgan fingerprint density at radius 1 is 1.56 bits per heavy atom. The molecule has 1 aliphatic heterocycles. The molecule has 1 saturated heterocycles. The first-order valence-electron chi connectivity index (χ1n) is 5.19. The zero-order chi connectivity index (χ0) is 11.6. The van der Waals surface area contributed by atoms with Gasteiger partial charge >= 0.3 is 0 Å². The van der Waals surface area contributed by atoms with E-state index in [1.807, 2.05) is 0 Å². The first kappa shape index (κ1) is 11.5. The van der Waals surface area contributed by atoms with Gasteiger partial charge in [-0.15, -0.1) is 10.2 Å². The smallest absolute Gasteiger partial charge is 0.188 e. The third-order valence-electron chi connectivity index (χ3n) is 2.59. The van der Waals surface area contributed by atoms with Crippen molar-refractivity contribution < 1.29 is 8.42 Å². The summed E-state index contributed by atoms with van der Waals surface area (Å²) in [4.78, 5) is 1.40. The van der Waals surface area contributed by atoms with Crippen LogP contribution in [0.15, 0.2) is 0 Å². The molecule has 0 bridgehead atoms. The molecular formula is C8H15N5O2S. The topological polar surface area (TPSA) is 89.8 Å². The molecule has 8 heteroatoms. The van der Waals surface area contributed by atoms with Gasteiger partial charge in [0.15, 0.2) is 15.7 Å². The molecular weight excluding hydrogens is 230 g/mol. The van der Waals surface area contributed by atoms with Crippen LogP contribution in [0.3, 0.4) is 0 Å². The molecule has 0 radical (unpaired) electrons. The van der Waals surface area contributed by atoms with Crippen molar-refractivity contribution in [1.29, 1.82) is 0 Å². The van der Waals surface area contributed by atoms with E-state index < -0.39 is 9.84 Å². The van der Waals surface area contributed by atoms with Gasteiger partial charge in [0.25, 0.3) is 0 Å². The van der Waals surface area contributed by atoms with Crippen molar-refractivity contribution in [3.8, 4) is 0 Å².